The van der Waals surface area contributed by atoms with Gasteiger partial charge in [-0.1, -0.05) is 30.3 Å². The summed E-state index contributed by atoms with van der Waals surface area (Å²) in [7, 11) is 0. The van der Waals surface area contributed by atoms with Crippen LogP contribution >= 0.6 is 0 Å². The van der Waals surface area contributed by atoms with Crippen molar-refractivity contribution < 1.29 is 18.4 Å². The summed E-state index contributed by atoms with van der Waals surface area (Å²) in [6, 6.07) is 12.8. The Morgan fingerprint density at radius 1 is 1.03 bits per heavy atom. The molecule has 29 heavy (non-hydrogen) atoms. The van der Waals surface area contributed by atoms with Crippen LogP contribution in [0, 0.1) is 0 Å². The second-order valence-electron chi connectivity index (χ2n) is 6.66. The molecule has 1 aromatic carbocycles. The normalized spacial score (nSPS) is 16.7. The Hall–Kier alpha value is -3.68. The quantitative estimate of drug-likeness (QED) is 0.693. The second-order valence-corrected chi connectivity index (χ2v) is 6.66. The molecule has 6 nitrogen and oxygen atoms in total. The molecule has 2 heterocycles. The maximum atomic E-state index is 13.0. The fourth-order valence-corrected chi connectivity index (χ4v) is 2.86. The molecule has 1 aliphatic rings. The molecule has 4 rings (SSSR count). The van der Waals surface area contributed by atoms with Gasteiger partial charge in [-0.05, 0) is 23.8 Å². The maximum Gasteiger partial charge on any atom is 0.270 e. The first-order valence-electron chi connectivity index (χ1n) is 8.89. The molecule has 8 heteroatoms. The summed E-state index contributed by atoms with van der Waals surface area (Å²) in [6.45, 7) is 0. The van der Waals surface area contributed by atoms with Crippen molar-refractivity contribution in [3.63, 3.8) is 0 Å². The van der Waals surface area contributed by atoms with Gasteiger partial charge in [0, 0.05) is 29.9 Å². The third kappa shape index (κ3) is 4.11. The number of nitrogens with one attached hydrogen (secondary N) is 2. The first kappa shape index (κ1) is 18.7. The topological polar surface area (TPSA) is 84.0 Å². The Bertz CT molecular complexity index is 1070. The standard InChI is InChI=1S/C21H16F2N4O2/c22-21(23)11-18(21)27-20(29)16-10-14(6-9-25-16)19(28)26-17-12-24-8-7-15(17)13-4-2-1-3-5-13/h1-10,12,18H,11H2,(H,26,28)(H,27,29). The predicted octanol–water partition coefficient (Wildman–Crippen LogP) is 3.53. The minimum atomic E-state index is -2.88. The van der Waals surface area contributed by atoms with Crippen LogP contribution in [0.4, 0.5) is 14.5 Å². The van der Waals surface area contributed by atoms with E-state index in [4.69, 9.17) is 0 Å². The van der Waals surface area contributed by atoms with Gasteiger partial charge in [0.1, 0.15) is 5.69 Å². The summed E-state index contributed by atoms with van der Waals surface area (Å²) < 4.78 is 26.0. The summed E-state index contributed by atoms with van der Waals surface area (Å²) in [5.74, 6) is -4.09. The third-order valence-corrected chi connectivity index (χ3v) is 4.54. The van der Waals surface area contributed by atoms with E-state index in [1.165, 1.54) is 24.5 Å². The molecule has 146 valence electrons. The van der Waals surface area contributed by atoms with Gasteiger partial charge in [-0.3, -0.25) is 19.6 Å². The SMILES string of the molecule is O=C(Nc1cnccc1-c1ccccc1)c1ccnc(C(=O)NC2CC2(F)F)c1. The van der Waals surface area contributed by atoms with Crippen molar-refractivity contribution in [1.29, 1.82) is 0 Å². The fourth-order valence-electron chi connectivity index (χ4n) is 2.86. The van der Waals surface area contributed by atoms with Gasteiger partial charge in [-0.2, -0.15) is 0 Å². The molecular weight excluding hydrogens is 378 g/mol. The maximum absolute atomic E-state index is 13.0. The Balaban J connectivity index is 1.52. The number of amides is 2. The van der Waals surface area contributed by atoms with Crippen LogP contribution in [0.2, 0.25) is 0 Å². The number of anilines is 1. The Kier molecular flexibility index (Phi) is 4.75. The summed E-state index contributed by atoms with van der Waals surface area (Å²) in [6.07, 6.45) is 4.06. The van der Waals surface area contributed by atoms with Gasteiger partial charge in [-0.15, -0.1) is 0 Å². The number of halogens is 2. The van der Waals surface area contributed by atoms with Crippen LogP contribution in [0.25, 0.3) is 11.1 Å². The van der Waals surface area contributed by atoms with E-state index in [2.05, 4.69) is 20.6 Å². The molecule has 1 atom stereocenters. The van der Waals surface area contributed by atoms with Gasteiger partial charge in [0.05, 0.1) is 17.9 Å². The average Bonchev–Trinajstić information content (AvgIpc) is 3.34. The molecular formula is C21H16F2N4O2. The molecule has 1 aliphatic carbocycles. The zero-order valence-electron chi connectivity index (χ0n) is 15.1. The van der Waals surface area contributed by atoms with Crippen molar-refractivity contribution in [2.45, 2.75) is 18.4 Å². The molecule has 0 aliphatic heterocycles. The number of benzene rings is 1. The van der Waals surface area contributed by atoms with E-state index in [9.17, 15) is 18.4 Å². The average molecular weight is 394 g/mol. The Labute approximate surface area is 165 Å². The number of alkyl halides is 2. The minimum Gasteiger partial charge on any atom is -0.342 e. The lowest BCUT2D eigenvalue weighted by molar-refractivity contribution is 0.0845. The number of nitrogens with zero attached hydrogens (tertiary/aromatic N) is 2. The molecule has 1 fully saturated rings. The molecule has 0 spiro atoms. The van der Waals surface area contributed by atoms with Gasteiger partial charge in [0.2, 0.25) is 0 Å². The van der Waals surface area contributed by atoms with Crippen LogP contribution in [-0.4, -0.2) is 33.7 Å². The van der Waals surface area contributed by atoms with E-state index in [0.29, 0.717) is 5.69 Å². The van der Waals surface area contributed by atoms with E-state index < -0.39 is 23.8 Å². The van der Waals surface area contributed by atoms with Crippen LogP contribution in [0.3, 0.4) is 0 Å². The smallest absolute Gasteiger partial charge is 0.270 e. The van der Waals surface area contributed by atoms with E-state index in [0.717, 1.165) is 11.1 Å². The van der Waals surface area contributed by atoms with Gasteiger partial charge in [0.25, 0.3) is 17.7 Å². The first-order valence-corrected chi connectivity index (χ1v) is 8.89. The van der Waals surface area contributed by atoms with Crippen LogP contribution < -0.4 is 10.6 Å². The van der Waals surface area contributed by atoms with Crippen molar-refractivity contribution in [2.24, 2.45) is 0 Å². The number of pyridine rings is 2. The molecule has 3 aromatic rings. The van der Waals surface area contributed by atoms with Crippen molar-refractivity contribution in [1.82, 2.24) is 15.3 Å². The molecule has 2 aromatic heterocycles. The number of hydrogen-bond acceptors (Lipinski definition) is 4. The highest BCUT2D eigenvalue weighted by molar-refractivity contribution is 6.07. The van der Waals surface area contributed by atoms with Crippen molar-refractivity contribution in [2.75, 3.05) is 5.32 Å². The van der Waals surface area contributed by atoms with E-state index >= 15 is 0 Å². The number of carbonyl (C=O) groups excluding carboxylic acids is 2. The lowest BCUT2D eigenvalue weighted by atomic mass is 10.1. The lowest BCUT2D eigenvalue weighted by Crippen LogP contribution is -2.30. The van der Waals surface area contributed by atoms with Crippen LogP contribution in [0.15, 0.2) is 67.1 Å². The molecule has 0 saturated heterocycles. The van der Waals surface area contributed by atoms with Gasteiger partial charge in [-0.25, -0.2) is 8.78 Å². The number of hydrogen-bond donors (Lipinski definition) is 2. The predicted molar refractivity (Wildman–Crippen MR) is 103 cm³/mol. The highest BCUT2D eigenvalue weighted by atomic mass is 19.3. The van der Waals surface area contributed by atoms with E-state index in [1.54, 1.807) is 12.3 Å². The van der Waals surface area contributed by atoms with E-state index in [1.807, 2.05) is 30.3 Å². The second kappa shape index (κ2) is 7.38. The zero-order chi connectivity index (χ0) is 20.4. The minimum absolute atomic E-state index is 0.102. The molecule has 1 unspecified atom stereocenters. The van der Waals surface area contributed by atoms with Gasteiger partial charge < -0.3 is 10.6 Å². The lowest BCUT2D eigenvalue weighted by Gasteiger charge is -2.11. The van der Waals surface area contributed by atoms with Crippen molar-refractivity contribution in [3.8, 4) is 11.1 Å². The summed E-state index contributed by atoms with van der Waals surface area (Å²) in [4.78, 5) is 32.7. The van der Waals surface area contributed by atoms with E-state index in [-0.39, 0.29) is 17.7 Å². The van der Waals surface area contributed by atoms with Crippen molar-refractivity contribution in [3.05, 3.63) is 78.4 Å². The number of aromatic nitrogens is 2. The third-order valence-electron chi connectivity index (χ3n) is 4.54. The molecule has 2 N–H and O–H groups in total. The van der Waals surface area contributed by atoms with Crippen LogP contribution in [-0.2, 0) is 0 Å². The Morgan fingerprint density at radius 2 is 1.79 bits per heavy atom. The zero-order valence-corrected chi connectivity index (χ0v) is 15.1. The largest absolute Gasteiger partial charge is 0.342 e. The number of rotatable bonds is 5. The Morgan fingerprint density at radius 3 is 2.52 bits per heavy atom. The summed E-state index contributed by atoms with van der Waals surface area (Å²) in [5, 5.41) is 4.99. The van der Waals surface area contributed by atoms with Crippen molar-refractivity contribution >= 4 is 17.5 Å². The summed E-state index contributed by atoms with van der Waals surface area (Å²) >= 11 is 0. The fraction of sp³-hybridized carbons (Fsp3) is 0.143. The number of carbonyl (C=O) groups is 2. The van der Waals surface area contributed by atoms with Crippen LogP contribution in [0.1, 0.15) is 27.3 Å². The first-order chi connectivity index (χ1) is 13.9. The molecule has 0 bridgehead atoms. The molecule has 2 amide bonds. The van der Waals surface area contributed by atoms with Gasteiger partial charge >= 0.3 is 0 Å². The van der Waals surface area contributed by atoms with Crippen LogP contribution in [0.5, 0.6) is 0 Å². The monoisotopic (exact) mass is 394 g/mol. The summed E-state index contributed by atoms with van der Waals surface area (Å²) in [5.41, 5.74) is 2.27. The molecule has 0 radical (unpaired) electrons. The molecule has 1 saturated carbocycles. The van der Waals surface area contributed by atoms with Gasteiger partial charge in [0.15, 0.2) is 0 Å². The highest BCUT2D eigenvalue weighted by Crippen LogP contribution is 2.41. The highest BCUT2D eigenvalue weighted by Gasteiger charge is 2.58.